The fourth-order valence-corrected chi connectivity index (χ4v) is 2.41. The first kappa shape index (κ1) is 12.3. The fraction of sp³-hybridized carbons (Fsp3) is 0.214. The zero-order valence-electron chi connectivity index (χ0n) is 10.7. The normalized spacial score (nSPS) is 13.0. The van der Waals surface area contributed by atoms with E-state index >= 15 is 0 Å². The number of hydrogen-bond acceptors (Lipinski definition) is 3. The van der Waals surface area contributed by atoms with Crippen molar-refractivity contribution in [3.8, 4) is 0 Å². The molecule has 0 fully saturated rings. The molecule has 3 rings (SSSR count). The Balaban J connectivity index is 2.09. The third-order valence-corrected chi connectivity index (χ3v) is 3.42. The number of furan rings is 1. The van der Waals surface area contributed by atoms with Crippen LogP contribution in [0.1, 0.15) is 17.6 Å². The summed E-state index contributed by atoms with van der Waals surface area (Å²) in [6, 6.07) is 7.52. The molecule has 5 heteroatoms. The Morgan fingerprint density at radius 3 is 2.89 bits per heavy atom. The van der Waals surface area contributed by atoms with Gasteiger partial charge in [-0.05, 0) is 31.3 Å². The van der Waals surface area contributed by atoms with Crippen LogP contribution in [0.5, 0.6) is 0 Å². The Labute approximate surface area is 116 Å². The summed E-state index contributed by atoms with van der Waals surface area (Å²) in [6.07, 6.45) is 3.69. The van der Waals surface area contributed by atoms with Crippen molar-refractivity contribution in [2.75, 3.05) is 7.05 Å². The van der Waals surface area contributed by atoms with Gasteiger partial charge in [0, 0.05) is 29.9 Å². The van der Waals surface area contributed by atoms with E-state index in [1.165, 1.54) is 0 Å². The number of imidazole rings is 1. The lowest BCUT2D eigenvalue weighted by molar-refractivity contribution is 0.472. The van der Waals surface area contributed by atoms with Crippen molar-refractivity contribution in [2.45, 2.75) is 6.04 Å². The Kier molecular flexibility index (Phi) is 3.05. The summed E-state index contributed by atoms with van der Waals surface area (Å²) < 4.78 is 7.85. The van der Waals surface area contributed by atoms with Crippen molar-refractivity contribution in [1.29, 1.82) is 0 Å². The lowest BCUT2D eigenvalue weighted by Gasteiger charge is -2.12. The van der Waals surface area contributed by atoms with Gasteiger partial charge < -0.3 is 14.3 Å². The van der Waals surface area contributed by atoms with E-state index in [0.29, 0.717) is 5.02 Å². The average molecular weight is 276 g/mol. The highest BCUT2D eigenvalue weighted by Crippen LogP contribution is 2.28. The van der Waals surface area contributed by atoms with Gasteiger partial charge in [-0.3, -0.25) is 0 Å². The van der Waals surface area contributed by atoms with Crippen molar-refractivity contribution in [3.63, 3.8) is 0 Å². The molecule has 1 atom stereocenters. The van der Waals surface area contributed by atoms with Gasteiger partial charge >= 0.3 is 0 Å². The third kappa shape index (κ3) is 2.13. The van der Waals surface area contributed by atoms with Crippen LogP contribution in [0.2, 0.25) is 5.02 Å². The molecule has 0 saturated carbocycles. The van der Waals surface area contributed by atoms with E-state index in [-0.39, 0.29) is 6.04 Å². The summed E-state index contributed by atoms with van der Waals surface area (Å²) in [5.41, 5.74) is 0.828. The summed E-state index contributed by atoms with van der Waals surface area (Å²) in [6.45, 7) is 0. The summed E-state index contributed by atoms with van der Waals surface area (Å²) in [5.74, 6) is 1.74. The molecule has 3 aromatic rings. The minimum Gasteiger partial charge on any atom is -0.459 e. The van der Waals surface area contributed by atoms with Gasteiger partial charge in [0.15, 0.2) is 0 Å². The second kappa shape index (κ2) is 4.72. The van der Waals surface area contributed by atoms with Gasteiger partial charge in [0.05, 0.1) is 0 Å². The largest absolute Gasteiger partial charge is 0.459 e. The molecule has 0 spiro atoms. The number of rotatable bonds is 3. The van der Waals surface area contributed by atoms with Crippen LogP contribution in [0.25, 0.3) is 11.0 Å². The van der Waals surface area contributed by atoms with Crippen molar-refractivity contribution in [2.24, 2.45) is 7.05 Å². The molecular formula is C14H14ClN3O. The van der Waals surface area contributed by atoms with Gasteiger partial charge in [-0.1, -0.05) is 11.6 Å². The molecule has 2 aromatic heterocycles. The van der Waals surface area contributed by atoms with E-state index in [1.807, 2.05) is 49.1 Å². The van der Waals surface area contributed by atoms with Crippen molar-refractivity contribution < 1.29 is 4.42 Å². The van der Waals surface area contributed by atoms with Crippen LogP contribution in [-0.4, -0.2) is 16.6 Å². The zero-order valence-corrected chi connectivity index (χ0v) is 11.5. The Morgan fingerprint density at radius 1 is 1.37 bits per heavy atom. The molecule has 0 aliphatic carbocycles. The van der Waals surface area contributed by atoms with E-state index in [2.05, 4.69) is 10.3 Å². The quantitative estimate of drug-likeness (QED) is 0.799. The number of nitrogens with one attached hydrogen (secondary N) is 1. The van der Waals surface area contributed by atoms with Crippen molar-refractivity contribution in [3.05, 3.63) is 53.3 Å². The van der Waals surface area contributed by atoms with Crippen LogP contribution in [0.3, 0.4) is 0 Å². The molecule has 0 aliphatic rings. The SMILES string of the molecule is CNC(c1cc2cc(Cl)ccc2o1)c1nccn1C. The maximum atomic E-state index is 5.99. The highest BCUT2D eigenvalue weighted by atomic mass is 35.5. The highest BCUT2D eigenvalue weighted by molar-refractivity contribution is 6.31. The molecule has 98 valence electrons. The number of halogens is 1. The number of benzene rings is 1. The number of hydrogen-bond donors (Lipinski definition) is 1. The van der Waals surface area contributed by atoms with Gasteiger partial charge in [-0.2, -0.15) is 0 Å². The lowest BCUT2D eigenvalue weighted by atomic mass is 10.2. The van der Waals surface area contributed by atoms with Crippen LogP contribution in [0, 0.1) is 0 Å². The molecule has 2 heterocycles. The van der Waals surface area contributed by atoms with E-state index < -0.39 is 0 Å². The summed E-state index contributed by atoms with van der Waals surface area (Å²) in [5, 5.41) is 4.93. The van der Waals surface area contributed by atoms with Gasteiger partial charge in [0.2, 0.25) is 0 Å². The molecule has 0 amide bonds. The predicted molar refractivity (Wildman–Crippen MR) is 75.3 cm³/mol. The standard InChI is InChI=1S/C14H14ClN3O/c1-16-13(14-17-5-6-18(14)2)12-8-9-7-10(15)3-4-11(9)19-12/h3-8,13,16H,1-2H3. The monoisotopic (exact) mass is 275 g/mol. The van der Waals surface area contributed by atoms with E-state index in [9.17, 15) is 0 Å². The first-order valence-corrected chi connectivity index (χ1v) is 6.40. The third-order valence-electron chi connectivity index (χ3n) is 3.19. The van der Waals surface area contributed by atoms with Crippen LogP contribution in [0.15, 0.2) is 41.1 Å². The fourth-order valence-electron chi connectivity index (χ4n) is 2.23. The van der Waals surface area contributed by atoms with Gasteiger partial charge in [0.1, 0.15) is 23.2 Å². The zero-order chi connectivity index (χ0) is 13.4. The topological polar surface area (TPSA) is 43.0 Å². The summed E-state index contributed by atoms with van der Waals surface area (Å²) in [4.78, 5) is 4.37. The molecule has 4 nitrogen and oxygen atoms in total. The van der Waals surface area contributed by atoms with Crippen LogP contribution in [0.4, 0.5) is 0 Å². The predicted octanol–water partition coefficient (Wildman–Crippen LogP) is 3.13. The number of fused-ring (bicyclic) bond motifs is 1. The first-order valence-electron chi connectivity index (χ1n) is 6.02. The molecule has 0 aliphatic heterocycles. The molecule has 1 N–H and O–H groups in total. The lowest BCUT2D eigenvalue weighted by Crippen LogP contribution is -2.20. The molecule has 0 bridgehead atoms. The maximum absolute atomic E-state index is 5.99. The van der Waals surface area contributed by atoms with Crippen LogP contribution < -0.4 is 5.32 Å². The van der Waals surface area contributed by atoms with E-state index in [0.717, 1.165) is 22.6 Å². The van der Waals surface area contributed by atoms with E-state index in [1.54, 1.807) is 6.20 Å². The Morgan fingerprint density at radius 2 is 2.21 bits per heavy atom. The van der Waals surface area contributed by atoms with Gasteiger partial charge in [0.25, 0.3) is 0 Å². The molecule has 1 aromatic carbocycles. The second-order valence-electron chi connectivity index (χ2n) is 4.45. The van der Waals surface area contributed by atoms with Gasteiger partial charge in [-0.15, -0.1) is 0 Å². The second-order valence-corrected chi connectivity index (χ2v) is 4.89. The molecular weight excluding hydrogens is 262 g/mol. The van der Waals surface area contributed by atoms with Crippen molar-refractivity contribution in [1.82, 2.24) is 14.9 Å². The summed E-state index contributed by atoms with van der Waals surface area (Å²) in [7, 11) is 3.85. The van der Waals surface area contributed by atoms with Crippen LogP contribution in [-0.2, 0) is 7.05 Å². The highest BCUT2D eigenvalue weighted by Gasteiger charge is 2.20. The molecule has 0 saturated heterocycles. The number of aromatic nitrogens is 2. The molecule has 1 unspecified atom stereocenters. The number of nitrogens with zero attached hydrogens (tertiary/aromatic N) is 2. The smallest absolute Gasteiger partial charge is 0.134 e. The first-order chi connectivity index (χ1) is 9.19. The summed E-state index contributed by atoms with van der Waals surface area (Å²) >= 11 is 5.99. The Hall–Kier alpha value is -1.78. The van der Waals surface area contributed by atoms with Crippen LogP contribution >= 0.6 is 11.6 Å². The molecule has 19 heavy (non-hydrogen) atoms. The van der Waals surface area contributed by atoms with Gasteiger partial charge in [-0.25, -0.2) is 4.98 Å². The molecule has 0 radical (unpaired) electrons. The Bertz CT molecular complexity index is 716. The minimum atomic E-state index is -0.0776. The minimum absolute atomic E-state index is 0.0776. The average Bonchev–Trinajstić information content (AvgIpc) is 2.97. The number of aryl methyl sites for hydroxylation is 1. The van der Waals surface area contributed by atoms with E-state index in [4.69, 9.17) is 16.0 Å². The maximum Gasteiger partial charge on any atom is 0.134 e. The van der Waals surface area contributed by atoms with Crippen molar-refractivity contribution >= 4 is 22.6 Å².